The molecule has 3 N–H and O–H groups in total. The Hall–Kier alpha value is -1.32. The molecule has 1 atom stereocenters. The van der Waals surface area contributed by atoms with E-state index < -0.39 is 6.03 Å². The number of carbonyl (C=O) groups excluding carboxylic acids is 1. The zero-order valence-electron chi connectivity index (χ0n) is 8.21. The monoisotopic (exact) mass is 183 g/mol. The molecule has 0 aromatic carbocycles. The van der Waals surface area contributed by atoms with Crippen LogP contribution in [0.1, 0.15) is 26.7 Å². The Balaban J connectivity index is 4.08. The molecule has 0 aliphatic carbocycles. The number of amides is 2. The summed E-state index contributed by atoms with van der Waals surface area (Å²) in [4.78, 5) is 10.4. The molecule has 0 radical (unpaired) electrons. The fourth-order valence-electron chi connectivity index (χ4n) is 0.858. The highest BCUT2D eigenvalue weighted by atomic mass is 16.2. The number of nitrogens with two attached hydrogens (primary N) is 1. The summed E-state index contributed by atoms with van der Waals surface area (Å²) >= 11 is 0. The van der Waals surface area contributed by atoms with Crippen molar-refractivity contribution < 1.29 is 4.79 Å². The number of allylic oxidation sites excluding steroid dienone is 1. The number of hydrazone groups is 1. The second kappa shape index (κ2) is 6.22. The van der Waals surface area contributed by atoms with Crippen LogP contribution in [0.15, 0.2) is 17.8 Å². The molecule has 0 rings (SSSR count). The summed E-state index contributed by atoms with van der Waals surface area (Å²) in [6.45, 7) is 7.70. The van der Waals surface area contributed by atoms with E-state index in [0.717, 1.165) is 18.6 Å². The van der Waals surface area contributed by atoms with Crippen molar-refractivity contribution in [2.75, 3.05) is 0 Å². The molecule has 0 aromatic rings. The van der Waals surface area contributed by atoms with E-state index >= 15 is 0 Å². The number of rotatable bonds is 5. The van der Waals surface area contributed by atoms with Gasteiger partial charge >= 0.3 is 6.03 Å². The summed E-state index contributed by atoms with van der Waals surface area (Å²) in [6.07, 6.45) is 3.47. The maximum absolute atomic E-state index is 10.4. The Kier molecular flexibility index (Phi) is 5.59. The third kappa shape index (κ3) is 5.90. The van der Waals surface area contributed by atoms with Crippen LogP contribution in [0.5, 0.6) is 0 Å². The van der Waals surface area contributed by atoms with Gasteiger partial charge in [-0.05, 0) is 18.8 Å². The van der Waals surface area contributed by atoms with Crippen molar-refractivity contribution in [2.45, 2.75) is 26.7 Å². The SMILES string of the molecule is C=CC(C)CC(CC)=NNC(N)=O. The van der Waals surface area contributed by atoms with Gasteiger partial charge in [0.25, 0.3) is 0 Å². The molecule has 0 aromatic heterocycles. The topological polar surface area (TPSA) is 67.5 Å². The molecular weight excluding hydrogens is 166 g/mol. The first-order valence-electron chi connectivity index (χ1n) is 4.33. The molecule has 0 saturated carbocycles. The molecule has 0 aliphatic rings. The molecule has 0 aliphatic heterocycles. The van der Waals surface area contributed by atoms with E-state index in [1.54, 1.807) is 0 Å². The minimum atomic E-state index is -0.628. The summed E-state index contributed by atoms with van der Waals surface area (Å²) in [5.74, 6) is 0.369. The standard InChI is InChI=1S/C9H17N3O/c1-4-7(3)6-8(5-2)11-12-9(10)13/h4,7H,1,5-6H2,2-3H3,(H3,10,12,13). The van der Waals surface area contributed by atoms with Gasteiger partial charge in [-0.25, -0.2) is 10.2 Å². The zero-order chi connectivity index (χ0) is 10.3. The molecule has 0 spiro atoms. The lowest BCUT2D eigenvalue weighted by molar-refractivity contribution is 0.249. The average Bonchev–Trinajstić information content (AvgIpc) is 2.11. The van der Waals surface area contributed by atoms with Gasteiger partial charge in [-0.2, -0.15) is 5.10 Å². The maximum Gasteiger partial charge on any atom is 0.332 e. The molecule has 2 amide bonds. The van der Waals surface area contributed by atoms with Crippen molar-refractivity contribution in [1.29, 1.82) is 0 Å². The summed E-state index contributed by atoms with van der Waals surface area (Å²) in [5.41, 5.74) is 8.02. The minimum absolute atomic E-state index is 0.369. The molecule has 13 heavy (non-hydrogen) atoms. The first-order chi connectivity index (χ1) is 6.10. The van der Waals surface area contributed by atoms with Crippen LogP contribution in [0.2, 0.25) is 0 Å². The Morgan fingerprint density at radius 1 is 1.77 bits per heavy atom. The number of urea groups is 1. The predicted octanol–water partition coefficient (Wildman–Crippen LogP) is 1.63. The molecule has 74 valence electrons. The molecule has 0 bridgehead atoms. The molecular formula is C9H17N3O. The highest BCUT2D eigenvalue weighted by Gasteiger charge is 2.02. The Bertz CT molecular complexity index is 211. The molecule has 1 unspecified atom stereocenters. The zero-order valence-corrected chi connectivity index (χ0v) is 8.21. The van der Waals surface area contributed by atoms with E-state index in [0.29, 0.717) is 5.92 Å². The average molecular weight is 183 g/mol. The molecule has 0 saturated heterocycles. The molecule has 4 nitrogen and oxygen atoms in total. The van der Waals surface area contributed by atoms with Gasteiger partial charge in [0.1, 0.15) is 0 Å². The van der Waals surface area contributed by atoms with Crippen LogP contribution in [-0.4, -0.2) is 11.7 Å². The lowest BCUT2D eigenvalue weighted by Crippen LogP contribution is -2.26. The van der Waals surface area contributed by atoms with E-state index in [9.17, 15) is 4.79 Å². The molecule has 0 fully saturated rings. The van der Waals surface area contributed by atoms with Gasteiger partial charge in [-0.15, -0.1) is 6.58 Å². The maximum atomic E-state index is 10.4. The number of carbonyl (C=O) groups is 1. The third-order valence-electron chi connectivity index (χ3n) is 1.69. The quantitative estimate of drug-likeness (QED) is 0.379. The second-order valence-corrected chi connectivity index (χ2v) is 2.92. The van der Waals surface area contributed by atoms with Crippen molar-refractivity contribution >= 4 is 11.7 Å². The Morgan fingerprint density at radius 2 is 2.38 bits per heavy atom. The smallest absolute Gasteiger partial charge is 0.332 e. The summed E-state index contributed by atoms with van der Waals surface area (Å²) in [5, 5.41) is 3.87. The summed E-state index contributed by atoms with van der Waals surface area (Å²) in [7, 11) is 0. The first-order valence-corrected chi connectivity index (χ1v) is 4.33. The highest BCUT2D eigenvalue weighted by molar-refractivity contribution is 5.85. The normalized spacial score (nSPS) is 13.5. The number of primary amides is 1. The van der Waals surface area contributed by atoms with Gasteiger partial charge in [0.2, 0.25) is 0 Å². The summed E-state index contributed by atoms with van der Waals surface area (Å²) < 4.78 is 0. The van der Waals surface area contributed by atoms with E-state index in [2.05, 4.69) is 17.1 Å². The highest BCUT2D eigenvalue weighted by Crippen LogP contribution is 2.05. The largest absolute Gasteiger partial charge is 0.350 e. The van der Waals surface area contributed by atoms with Crippen LogP contribution < -0.4 is 11.2 Å². The number of nitrogens with one attached hydrogen (secondary N) is 1. The predicted molar refractivity (Wildman–Crippen MR) is 54.4 cm³/mol. The van der Waals surface area contributed by atoms with Crippen LogP contribution >= 0.6 is 0 Å². The Morgan fingerprint density at radius 3 is 2.77 bits per heavy atom. The van der Waals surface area contributed by atoms with Gasteiger partial charge in [-0.1, -0.05) is 19.9 Å². The van der Waals surface area contributed by atoms with Gasteiger partial charge in [0.15, 0.2) is 0 Å². The van der Waals surface area contributed by atoms with Gasteiger partial charge < -0.3 is 5.73 Å². The number of hydrogen-bond donors (Lipinski definition) is 2. The Labute approximate surface area is 78.9 Å². The van der Waals surface area contributed by atoms with E-state index in [1.807, 2.05) is 19.9 Å². The van der Waals surface area contributed by atoms with Gasteiger partial charge in [0.05, 0.1) is 0 Å². The lowest BCUT2D eigenvalue weighted by Gasteiger charge is -2.06. The van der Waals surface area contributed by atoms with Crippen LogP contribution in [0.25, 0.3) is 0 Å². The molecule has 0 heterocycles. The second-order valence-electron chi connectivity index (χ2n) is 2.92. The van der Waals surface area contributed by atoms with E-state index in [1.165, 1.54) is 0 Å². The first kappa shape index (κ1) is 11.7. The number of hydrogen-bond acceptors (Lipinski definition) is 2. The fraction of sp³-hybridized carbons (Fsp3) is 0.556. The van der Waals surface area contributed by atoms with Gasteiger partial charge in [-0.3, -0.25) is 0 Å². The van der Waals surface area contributed by atoms with Gasteiger partial charge in [0, 0.05) is 5.71 Å². The van der Waals surface area contributed by atoms with E-state index in [-0.39, 0.29) is 0 Å². The number of nitrogens with zero attached hydrogens (tertiary/aromatic N) is 1. The lowest BCUT2D eigenvalue weighted by atomic mass is 10.0. The van der Waals surface area contributed by atoms with Crippen molar-refractivity contribution in [1.82, 2.24) is 5.43 Å². The minimum Gasteiger partial charge on any atom is -0.350 e. The van der Waals surface area contributed by atoms with Crippen LogP contribution in [-0.2, 0) is 0 Å². The third-order valence-corrected chi connectivity index (χ3v) is 1.69. The van der Waals surface area contributed by atoms with Crippen LogP contribution in [0.3, 0.4) is 0 Å². The van der Waals surface area contributed by atoms with Crippen molar-refractivity contribution in [3.63, 3.8) is 0 Å². The van der Waals surface area contributed by atoms with Crippen molar-refractivity contribution in [3.8, 4) is 0 Å². The van der Waals surface area contributed by atoms with Crippen molar-refractivity contribution in [3.05, 3.63) is 12.7 Å². The van der Waals surface area contributed by atoms with Crippen LogP contribution in [0, 0.1) is 5.92 Å². The fourth-order valence-corrected chi connectivity index (χ4v) is 0.858. The van der Waals surface area contributed by atoms with Crippen molar-refractivity contribution in [2.24, 2.45) is 16.8 Å². The molecule has 4 heteroatoms. The van der Waals surface area contributed by atoms with Crippen LogP contribution in [0.4, 0.5) is 4.79 Å². The summed E-state index contributed by atoms with van der Waals surface area (Å²) in [6, 6.07) is -0.628. The van der Waals surface area contributed by atoms with E-state index in [4.69, 9.17) is 5.73 Å².